The lowest BCUT2D eigenvalue weighted by molar-refractivity contribution is 0.0952. The SMILES string of the molecule is CC(C)N(Cc1ccccc1)c1cc(C(=O)NCCCN(C)C)ccn1. The van der Waals surface area contributed by atoms with Gasteiger partial charge >= 0.3 is 0 Å². The lowest BCUT2D eigenvalue weighted by Gasteiger charge is -2.28. The van der Waals surface area contributed by atoms with E-state index in [1.54, 1.807) is 12.3 Å². The fourth-order valence-corrected chi connectivity index (χ4v) is 2.72. The van der Waals surface area contributed by atoms with Gasteiger partial charge in [0.1, 0.15) is 5.82 Å². The Kier molecular flexibility index (Phi) is 7.60. The van der Waals surface area contributed by atoms with Gasteiger partial charge in [-0.2, -0.15) is 0 Å². The zero-order chi connectivity index (χ0) is 18.9. The zero-order valence-electron chi connectivity index (χ0n) is 16.3. The molecule has 5 heteroatoms. The smallest absolute Gasteiger partial charge is 0.251 e. The molecular formula is C21H30N4O. The van der Waals surface area contributed by atoms with Crippen molar-refractivity contribution in [2.75, 3.05) is 32.1 Å². The summed E-state index contributed by atoms with van der Waals surface area (Å²) in [7, 11) is 4.06. The molecule has 1 aromatic heterocycles. The molecule has 0 saturated heterocycles. The van der Waals surface area contributed by atoms with Crippen LogP contribution in [0.1, 0.15) is 36.2 Å². The van der Waals surface area contributed by atoms with E-state index in [4.69, 9.17) is 0 Å². The van der Waals surface area contributed by atoms with E-state index in [0.717, 1.165) is 25.3 Å². The number of hydrogen-bond acceptors (Lipinski definition) is 4. The Bertz CT molecular complexity index is 685. The van der Waals surface area contributed by atoms with Crippen LogP contribution in [0.4, 0.5) is 5.82 Å². The first-order chi connectivity index (χ1) is 12.5. The maximum Gasteiger partial charge on any atom is 0.251 e. The average molecular weight is 354 g/mol. The number of amides is 1. The highest BCUT2D eigenvalue weighted by Crippen LogP contribution is 2.19. The van der Waals surface area contributed by atoms with Gasteiger partial charge in [-0.1, -0.05) is 30.3 Å². The maximum absolute atomic E-state index is 12.4. The monoisotopic (exact) mass is 354 g/mol. The molecular weight excluding hydrogens is 324 g/mol. The lowest BCUT2D eigenvalue weighted by Crippen LogP contribution is -2.31. The Morgan fingerprint density at radius 3 is 2.54 bits per heavy atom. The molecule has 2 aromatic rings. The standard InChI is InChI=1S/C21H30N4O/c1-17(2)25(16-18-9-6-5-7-10-18)20-15-19(11-13-22-20)21(26)23-12-8-14-24(3)4/h5-7,9-11,13,15,17H,8,12,14,16H2,1-4H3,(H,23,26). The van der Waals surface area contributed by atoms with Crippen molar-refractivity contribution < 1.29 is 4.79 Å². The minimum absolute atomic E-state index is 0.0455. The predicted octanol–water partition coefficient (Wildman–Crippen LogP) is 3.18. The quantitative estimate of drug-likeness (QED) is 0.703. The van der Waals surface area contributed by atoms with E-state index in [1.807, 2.05) is 38.4 Å². The van der Waals surface area contributed by atoms with Crippen LogP contribution in [0.15, 0.2) is 48.7 Å². The van der Waals surface area contributed by atoms with Gasteiger partial charge in [-0.3, -0.25) is 4.79 Å². The second-order valence-electron chi connectivity index (χ2n) is 7.02. The minimum atomic E-state index is -0.0455. The first-order valence-corrected chi connectivity index (χ1v) is 9.17. The van der Waals surface area contributed by atoms with Crippen molar-refractivity contribution in [3.8, 4) is 0 Å². The molecule has 1 N–H and O–H groups in total. The molecule has 0 atom stereocenters. The molecule has 0 radical (unpaired) electrons. The molecule has 0 saturated carbocycles. The molecule has 0 spiro atoms. The van der Waals surface area contributed by atoms with Crippen molar-refractivity contribution in [1.29, 1.82) is 0 Å². The number of rotatable bonds is 9. The fraction of sp³-hybridized carbons (Fsp3) is 0.429. The molecule has 1 heterocycles. The van der Waals surface area contributed by atoms with E-state index in [-0.39, 0.29) is 11.9 Å². The third-order valence-electron chi connectivity index (χ3n) is 4.19. The van der Waals surface area contributed by atoms with E-state index in [1.165, 1.54) is 5.56 Å². The highest BCUT2D eigenvalue weighted by Gasteiger charge is 2.15. The Morgan fingerprint density at radius 2 is 1.88 bits per heavy atom. The Morgan fingerprint density at radius 1 is 1.15 bits per heavy atom. The van der Waals surface area contributed by atoms with Gasteiger partial charge in [0.05, 0.1) is 0 Å². The number of carbonyl (C=O) groups is 1. The van der Waals surface area contributed by atoms with Crippen LogP contribution in [0.5, 0.6) is 0 Å². The van der Waals surface area contributed by atoms with Gasteiger partial charge in [-0.05, 0) is 58.6 Å². The fourth-order valence-electron chi connectivity index (χ4n) is 2.72. The second kappa shape index (κ2) is 9.92. The van der Waals surface area contributed by atoms with E-state index < -0.39 is 0 Å². The third kappa shape index (κ3) is 6.15. The number of nitrogens with zero attached hydrogens (tertiary/aromatic N) is 3. The third-order valence-corrected chi connectivity index (χ3v) is 4.19. The van der Waals surface area contributed by atoms with E-state index in [9.17, 15) is 4.79 Å². The second-order valence-corrected chi connectivity index (χ2v) is 7.02. The number of benzene rings is 1. The lowest BCUT2D eigenvalue weighted by atomic mass is 10.1. The molecule has 1 aromatic carbocycles. The minimum Gasteiger partial charge on any atom is -0.352 e. The molecule has 0 aliphatic heterocycles. The zero-order valence-corrected chi connectivity index (χ0v) is 16.3. The van der Waals surface area contributed by atoms with Crippen molar-refractivity contribution in [2.45, 2.75) is 32.9 Å². The highest BCUT2D eigenvalue weighted by atomic mass is 16.1. The van der Waals surface area contributed by atoms with Crippen molar-refractivity contribution in [3.05, 3.63) is 59.8 Å². The predicted molar refractivity (Wildman–Crippen MR) is 108 cm³/mol. The summed E-state index contributed by atoms with van der Waals surface area (Å²) in [5.74, 6) is 0.778. The van der Waals surface area contributed by atoms with E-state index in [0.29, 0.717) is 12.1 Å². The first-order valence-electron chi connectivity index (χ1n) is 9.17. The van der Waals surface area contributed by atoms with Crippen molar-refractivity contribution in [3.63, 3.8) is 0 Å². The van der Waals surface area contributed by atoms with Crippen molar-refractivity contribution in [1.82, 2.24) is 15.2 Å². The van der Waals surface area contributed by atoms with Gasteiger partial charge in [0.25, 0.3) is 5.91 Å². The Balaban J connectivity index is 2.06. The number of nitrogens with one attached hydrogen (secondary N) is 1. The van der Waals surface area contributed by atoms with E-state index >= 15 is 0 Å². The van der Waals surface area contributed by atoms with E-state index in [2.05, 4.69) is 46.1 Å². The molecule has 2 rings (SSSR count). The summed E-state index contributed by atoms with van der Waals surface area (Å²) < 4.78 is 0. The maximum atomic E-state index is 12.4. The largest absolute Gasteiger partial charge is 0.352 e. The Labute approximate surface area is 157 Å². The summed E-state index contributed by atoms with van der Waals surface area (Å²) in [6.45, 7) is 6.67. The van der Waals surface area contributed by atoms with Gasteiger partial charge in [0.2, 0.25) is 0 Å². The van der Waals surface area contributed by atoms with Crippen molar-refractivity contribution in [2.24, 2.45) is 0 Å². The molecule has 0 fully saturated rings. The van der Waals surface area contributed by atoms with Gasteiger partial charge in [0, 0.05) is 30.9 Å². The molecule has 26 heavy (non-hydrogen) atoms. The molecule has 0 unspecified atom stereocenters. The summed E-state index contributed by atoms with van der Waals surface area (Å²) in [6, 6.07) is 14.2. The van der Waals surface area contributed by atoms with Crippen molar-refractivity contribution >= 4 is 11.7 Å². The normalized spacial score (nSPS) is 11.0. The molecule has 0 aliphatic rings. The van der Waals surface area contributed by atoms with Gasteiger partial charge in [0.15, 0.2) is 0 Å². The summed E-state index contributed by atoms with van der Waals surface area (Å²) in [5.41, 5.74) is 1.88. The number of hydrogen-bond donors (Lipinski definition) is 1. The molecule has 5 nitrogen and oxygen atoms in total. The van der Waals surface area contributed by atoms with Crippen LogP contribution in [-0.2, 0) is 6.54 Å². The molecule has 0 aliphatic carbocycles. The average Bonchev–Trinajstić information content (AvgIpc) is 2.63. The van der Waals surface area contributed by atoms with Gasteiger partial charge in [-0.15, -0.1) is 0 Å². The highest BCUT2D eigenvalue weighted by molar-refractivity contribution is 5.94. The number of carbonyl (C=O) groups excluding carboxylic acids is 1. The number of anilines is 1. The molecule has 140 valence electrons. The summed E-state index contributed by atoms with van der Waals surface area (Å²) in [6.07, 6.45) is 2.65. The van der Waals surface area contributed by atoms with Crippen LogP contribution in [0.2, 0.25) is 0 Å². The van der Waals surface area contributed by atoms with Crippen LogP contribution in [-0.4, -0.2) is 49.0 Å². The Hall–Kier alpha value is -2.40. The van der Waals surface area contributed by atoms with Crippen LogP contribution in [0.3, 0.4) is 0 Å². The number of pyridine rings is 1. The first kappa shape index (κ1) is 19.9. The van der Waals surface area contributed by atoms with Crippen LogP contribution in [0, 0.1) is 0 Å². The van der Waals surface area contributed by atoms with Crippen LogP contribution in [0.25, 0.3) is 0 Å². The number of aromatic nitrogens is 1. The topological polar surface area (TPSA) is 48.5 Å². The van der Waals surface area contributed by atoms with Gasteiger partial charge in [-0.25, -0.2) is 4.98 Å². The van der Waals surface area contributed by atoms with Crippen LogP contribution >= 0.6 is 0 Å². The molecule has 1 amide bonds. The molecule has 0 bridgehead atoms. The van der Waals surface area contributed by atoms with Gasteiger partial charge < -0.3 is 15.1 Å². The summed E-state index contributed by atoms with van der Waals surface area (Å²) in [5, 5.41) is 2.99. The summed E-state index contributed by atoms with van der Waals surface area (Å²) >= 11 is 0. The van der Waals surface area contributed by atoms with Crippen LogP contribution < -0.4 is 10.2 Å². The summed E-state index contributed by atoms with van der Waals surface area (Å²) in [4.78, 5) is 21.2.